The number of pyridine rings is 2. The number of anilines is 2. The summed E-state index contributed by atoms with van der Waals surface area (Å²) in [4.78, 5) is 20.6. The Bertz CT molecular complexity index is 983. The molecule has 30 heavy (non-hydrogen) atoms. The van der Waals surface area contributed by atoms with Gasteiger partial charge in [0.25, 0.3) is 0 Å². The molecule has 0 bridgehead atoms. The van der Waals surface area contributed by atoms with Crippen molar-refractivity contribution >= 4 is 11.6 Å². The van der Waals surface area contributed by atoms with E-state index in [4.69, 9.17) is 9.72 Å². The highest BCUT2D eigenvalue weighted by Crippen LogP contribution is 2.22. The molecule has 156 valence electrons. The van der Waals surface area contributed by atoms with Gasteiger partial charge in [-0.2, -0.15) is 0 Å². The van der Waals surface area contributed by atoms with Crippen molar-refractivity contribution in [3.63, 3.8) is 0 Å². The first-order chi connectivity index (χ1) is 14.5. The van der Waals surface area contributed by atoms with E-state index in [0.717, 1.165) is 47.2 Å². The largest absolute Gasteiger partial charge is 0.372 e. The number of nitrogens with zero attached hydrogens (tertiary/aromatic N) is 5. The summed E-state index contributed by atoms with van der Waals surface area (Å²) in [7, 11) is 0. The van der Waals surface area contributed by atoms with Gasteiger partial charge in [0, 0.05) is 43.3 Å². The lowest BCUT2D eigenvalue weighted by Gasteiger charge is -2.36. The van der Waals surface area contributed by atoms with Crippen LogP contribution in [0, 0.1) is 13.8 Å². The van der Waals surface area contributed by atoms with Gasteiger partial charge in [-0.05, 0) is 51.5 Å². The number of hydrogen-bond donors (Lipinski definition) is 1. The zero-order valence-corrected chi connectivity index (χ0v) is 18.0. The zero-order chi connectivity index (χ0) is 21.1. The molecule has 1 aliphatic rings. The molecule has 7 nitrogen and oxygen atoms in total. The van der Waals surface area contributed by atoms with Crippen molar-refractivity contribution in [1.29, 1.82) is 0 Å². The summed E-state index contributed by atoms with van der Waals surface area (Å²) in [5.74, 6) is 2.44. The van der Waals surface area contributed by atoms with Crippen LogP contribution in [0.4, 0.5) is 11.6 Å². The molecular weight excluding hydrogens is 376 g/mol. The first-order valence-electron chi connectivity index (χ1n) is 10.4. The van der Waals surface area contributed by atoms with Gasteiger partial charge in [-0.25, -0.2) is 15.0 Å². The van der Waals surface area contributed by atoms with E-state index in [1.54, 1.807) is 6.20 Å². The minimum Gasteiger partial charge on any atom is -0.372 e. The Morgan fingerprint density at radius 1 is 1.03 bits per heavy atom. The van der Waals surface area contributed by atoms with Gasteiger partial charge in [-0.15, -0.1) is 0 Å². The van der Waals surface area contributed by atoms with Crippen molar-refractivity contribution in [2.45, 2.75) is 46.4 Å². The SMILES string of the molecule is Cc1nc(-c2ccccn2)nc(NCc2ccc(N3CC(C)OC(C)C3)nc2)c1C. The molecule has 2 atom stereocenters. The van der Waals surface area contributed by atoms with Gasteiger partial charge in [0.15, 0.2) is 5.82 Å². The van der Waals surface area contributed by atoms with Crippen LogP contribution in [0.15, 0.2) is 42.7 Å². The number of aryl methyl sites for hydroxylation is 1. The quantitative estimate of drug-likeness (QED) is 0.693. The minimum absolute atomic E-state index is 0.217. The Labute approximate surface area is 177 Å². The summed E-state index contributed by atoms with van der Waals surface area (Å²) in [6.07, 6.45) is 4.11. The van der Waals surface area contributed by atoms with Crippen LogP contribution >= 0.6 is 0 Å². The van der Waals surface area contributed by atoms with Crippen LogP contribution in [-0.4, -0.2) is 45.2 Å². The van der Waals surface area contributed by atoms with Crippen molar-refractivity contribution in [2.24, 2.45) is 0 Å². The van der Waals surface area contributed by atoms with Crippen molar-refractivity contribution in [3.8, 4) is 11.5 Å². The first kappa shape index (κ1) is 20.2. The maximum atomic E-state index is 5.82. The lowest BCUT2D eigenvalue weighted by Crippen LogP contribution is -2.45. The van der Waals surface area contributed by atoms with Gasteiger partial charge in [0.2, 0.25) is 0 Å². The van der Waals surface area contributed by atoms with E-state index in [9.17, 15) is 0 Å². The summed E-state index contributed by atoms with van der Waals surface area (Å²) in [6.45, 7) is 10.6. The fraction of sp³-hybridized carbons (Fsp3) is 0.391. The number of rotatable bonds is 5. The molecule has 1 fully saturated rings. The Morgan fingerprint density at radius 2 is 1.83 bits per heavy atom. The Balaban J connectivity index is 1.46. The molecule has 4 heterocycles. The number of nitrogens with one attached hydrogen (secondary N) is 1. The Morgan fingerprint density at radius 3 is 2.50 bits per heavy atom. The summed E-state index contributed by atoms with van der Waals surface area (Å²) >= 11 is 0. The molecule has 7 heteroatoms. The van der Waals surface area contributed by atoms with Crippen LogP contribution in [0.25, 0.3) is 11.5 Å². The molecule has 1 saturated heterocycles. The standard InChI is InChI=1S/C23H28N6O/c1-15-13-29(14-16(2)30-15)21-9-8-19(11-25-21)12-26-22-17(3)18(4)27-23(28-22)20-7-5-6-10-24-20/h5-11,15-16H,12-14H2,1-4H3,(H,26,27,28). The Kier molecular flexibility index (Phi) is 5.90. The van der Waals surface area contributed by atoms with E-state index in [0.29, 0.717) is 12.4 Å². The van der Waals surface area contributed by atoms with Gasteiger partial charge >= 0.3 is 0 Å². The molecular formula is C23H28N6O. The predicted octanol–water partition coefficient (Wildman–Crippen LogP) is 3.78. The fourth-order valence-corrected chi connectivity index (χ4v) is 3.67. The van der Waals surface area contributed by atoms with Crippen LogP contribution in [0.2, 0.25) is 0 Å². The zero-order valence-electron chi connectivity index (χ0n) is 18.0. The molecule has 0 aliphatic carbocycles. The molecule has 1 N–H and O–H groups in total. The molecule has 2 unspecified atom stereocenters. The molecule has 3 aromatic rings. The third kappa shape index (κ3) is 4.57. The highest BCUT2D eigenvalue weighted by molar-refractivity contribution is 5.56. The van der Waals surface area contributed by atoms with E-state index in [1.165, 1.54) is 0 Å². The topological polar surface area (TPSA) is 76.1 Å². The highest BCUT2D eigenvalue weighted by atomic mass is 16.5. The third-order valence-corrected chi connectivity index (χ3v) is 5.30. The van der Waals surface area contributed by atoms with Crippen molar-refractivity contribution < 1.29 is 4.74 Å². The van der Waals surface area contributed by atoms with Crippen molar-refractivity contribution in [2.75, 3.05) is 23.3 Å². The number of ether oxygens (including phenoxy) is 1. The molecule has 0 spiro atoms. The van der Waals surface area contributed by atoms with E-state index in [-0.39, 0.29) is 12.2 Å². The van der Waals surface area contributed by atoms with Crippen molar-refractivity contribution in [3.05, 3.63) is 59.5 Å². The maximum absolute atomic E-state index is 5.82. The van der Waals surface area contributed by atoms with Crippen LogP contribution in [0.1, 0.15) is 30.7 Å². The molecule has 4 rings (SSSR count). The molecule has 0 aromatic carbocycles. The lowest BCUT2D eigenvalue weighted by molar-refractivity contribution is -0.00545. The summed E-state index contributed by atoms with van der Waals surface area (Å²) in [5.41, 5.74) is 3.85. The van der Waals surface area contributed by atoms with E-state index < -0.39 is 0 Å². The average molecular weight is 405 g/mol. The van der Waals surface area contributed by atoms with Crippen LogP contribution < -0.4 is 10.2 Å². The summed E-state index contributed by atoms with van der Waals surface area (Å²) in [5, 5.41) is 3.44. The van der Waals surface area contributed by atoms with E-state index >= 15 is 0 Å². The molecule has 0 amide bonds. The van der Waals surface area contributed by atoms with E-state index in [2.05, 4.69) is 51.1 Å². The second kappa shape index (κ2) is 8.75. The van der Waals surface area contributed by atoms with E-state index in [1.807, 2.05) is 38.2 Å². The molecule has 0 saturated carbocycles. The van der Waals surface area contributed by atoms with Crippen LogP contribution in [-0.2, 0) is 11.3 Å². The summed E-state index contributed by atoms with van der Waals surface area (Å²) < 4.78 is 5.82. The first-order valence-corrected chi connectivity index (χ1v) is 10.4. The number of aromatic nitrogens is 4. The average Bonchev–Trinajstić information content (AvgIpc) is 2.75. The second-order valence-corrected chi connectivity index (χ2v) is 7.86. The molecule has 3 aromatic heterocycles. The number of hydrogen-bond acceptors (Lipinski definition) is 7. The normalized spacial score (nSPS) is 19.0. The molecule has 1 aliphatic heterocycles. The smallest absolute Gasteiger partial charge is 0.180 e. The van der Waals surface area contributed by atoms with Crippen LogP contribution in [0.3, 0.4) is 0 Å². The van der Waals surface area contributed by atoms with Gasteiger partial charge in [-0.1, -0.05) is 12.1 Å². The van der Waals surface area contributed by atoms with Crippen molar-refractivity contribution in [1.82, 2.24) is 19.9 Å². The molecule has 0 radical (unpaired) electrons. The maximum Gasteiger partial charge on any atom is 0.180 e. The highest BCUT2D eigenvalue weighted by Gasteiger charge is 2.23. The van der Waals surface area contributed by atoms with Gasteiger partial charge in [0.1, 0.15) is 17.3 Å². The van der Waals surface area contributed by atoms with Gasteiger partial charge < -0.3 is 15.0 Å². The summed E-state index contributed by atoms with van der Waals surface area (Å²) in [6, 6.07) is 9.95. The van der Waals surface area contributed by atoms with Crippen LogP contribution in [0.5, 0.6) is 0 Å². The second-order valence-electron chi connectivity index (χ2n) is 7.86. The third-order valence-electron chi connectivity index (χ3n) is 5.30. The van der Waals surface area contributed by atoms with Gasteiger partial charge in [0.05, 0.1) is 12.2 Å². The number of morpholine rings is 1. The predicted molar refractivity (Wildman–Crippen MR) is 119 cm³/mol. The minimum atomic E-state index is 0.217. The lowest BCUT2D eigenvalue weighted by atomic mass is 10.2. The van der Waals surface area contributed by atoms with Gasteiger partial charge in [-0.3, -0.25) is 4.98 Å². The monoisotopic (exact) mass is 404 g/mol. The fourth-order valence-electron chi connectivity index (χ4n) is 3.67. The Hall–Kier alpha value is -3.06.